The number of hydrogen-bond donors (Lipinski definition) is 2. The lowest BCUT2D eigenvalue weighted by molar-refractivity contribution is -0.126. The Labute approximate surface area is 215 Å². The number of nitrogens with zero attached hydrogens (tertiary/aromatic N) is 3. The Morgan fingerprint density at radius 1 is 1.00 bits per heavy atom. The fourth-order valence-electron chi connectivity index (χ4n) is 3.29. The first-order valence-electron chi connectivity index (χ1n) is 11.1. The van der Waals surface area contributed by atoms with E-state index in [0.29, 0.717) is 22.7 Å². The van der Waals surface area contributed by atoms with Gasteiger partial charge in [0.2, 0.25) is 11.8 Å². The summed E-state index contributed by atoms with van der Waals surface area (Å²) in [5.74, 6) is -0.670. The number of methoxy groups -OCH3 is 1. The number of hydrazone groups is 1. The Bertz CT molecular complexity index is 1400. The fraction of sp³-hybridized carbons (Fsp3) is 0.154. The number of anilines is 2. The van der Waals surface area contributed by atoms with Crippen molar-refractivity contribution in [2.45, 2.75) is 17.7 Å². The van der Waals surface area contributed by atoms with Crippen LogP contribution in [-0.2, 0) is 19.6 Å². The number of hydrogen-bond acceptors (Lipinski definition) is 7. The molecule has 190 valence electrons. The van der Waals surface area contributed by atoms with E-state index in [4.69, 9.17) is 10.00 Å². The first-order valence-corrected chi connectivity index (χ1v) is 12.6. The maximum atomic E-state index is 13.1. The Morgan fingerprint density at radius 3 is 2.35 bits per heavy atom. The predicted molar refractivity (Wildman–Crippen MR) is 140 cm³/mol. The van der Waals surface area contributed by atoms with Gasteiger partial charge in [0.05, 0.1) is 42.1 Å². The van der Waals surface area contributed by atoms with Gasteiger partial charge in [-0.2, -0.15) is 10.4 Å². The number of rotatable bonds is 11. The Balaban J connectivity index is 1.61. The number of nitrogens with one attached hydrogen (secondary N) is 2. The predicted octanol–water partition coefficient (Wildman–Crippen LogP) is 3.28. The number of sulfonamides is 1. The van der Waals surface area contributed by atoms with E-state index in [0.717, 1.165) is 0 Å². The largest absolute Gasteiger partial charge is 0.495 e. The zero-order chi connectivity index (χ0) is 26.7. The highest BCUT2D eigenvalue weighted by atomic mass is 32.2. The van der Waals surface area contributed by atoms with Gasteiger partial charge < -0.3 is 10.1 Å². The third-order valence-electron chi connectivity index (χ3n) is 5.04. The average molecular weight is 520 g/mol. The van der Waals surface area contributed by atoms with Crippen molar-refractivity contribution in [3.05, 3.63) is 84.4 Å². The minimum Gasteiger partial charge on any atom is -0.495 e. The number of nitriles is 1. The Hall–Kier alpha value is -4.69. The molecule has 0 radical (unpaired) electrons. The van der Waals surface area contributed by atoms with Crippen molar-refractivity contribution in [1.29, 1.82) is 5.26 Å². The molecular formula is C26H25N5O5S. The van der Waals surface area contributed by atoms with Gasteiger partial charge in [0.15, 0.2) is 0 Å². The maximum Gasteiger partial charge on any atom is 0.264 e. The zero-order valence-electron chi connectivity index (χ0n) is 20.0. The second-order valence-corrected chi connectivity index (χ2v) is 9.47. The zero-order valence-corrected chi connectivity index (χ0v) is 20.8. The van der Waals surface area contributed by atoms with E-state index in [-0.39, 0.29) is 17.9 Å². The van der Waals surface area contributed by atoms with Crippen LogP contribution in [0.15, 0.2) is 88.9 Å². The van der Waals surface area contributed by atoms with Crippen LogP contribution in [0.2, 0.25) is 0 Å². The smallest absolute Gasteiger partial charge is 0.264 e. The van der Waals surface area contributed by atoms with E-state index in [2.05, 4.69) is 15.8 Å². The second-order valence-electron chi connectivity index (χ2n) is 7.61. The molecule has 3 aromatic carbocycles. The maximum absolute atomic E-state index is 13.1. The van der Waals surface area contributed by atoms with Gasteiger partial charge in [0.25, 0.3) is 10.0 Å². The molecule has 11 heteroatoms. The van der Waals surface area contributed by atoms with Gasteiger partial charge in [-0.15, -0.1) is 0 Å². The normalized spacial score (nSPS) is 10.9. The molecule has 10 nitrogen and oxygen atoms in total. The van der Waals surface area contributed by atoms with Gasteiger partial charge in [-0.3, -0.25) is 13.9 Å². The van der Waals surface area contributed by atoms with E-state index < -0.39 is 28.3 Å². The molecule has 0 spiro atoms. The van der Waals surface area contributed by atoms with Gasteiger partial charge in [0, 0.05) is 6.54 Å². The van der Waals surface area contributed by atoms with Gasteiger partial charge >= 0.3 is 0 Å². The van der Waals surface area contributed by atoms with Crippen LogP contribution in [0.5, 0.6) is 5.75 Å². The van der Waals surface area contributed by atoms with Gasteiger partial charge in [-0.1, -0.05) is 42.5 Å². The highest BCUT2D eigenvalue weighted by Crippen LogP contribution is 2.24. The molecule has 0 atom stereocenters. The fourth-order valence-corrected chi connectivity index (χ4v) is 4.78. The quantitative estimate of drug-likeness (QED) is 0.226. The van der Waals surface area contributed by atoms with Crippen molar-refractivity contribution >= 4 is 39.4 Å². The summed E-state index contributed by atoms with van der Waals surface area (Å²) in [6.07, 6.45) is 0.941. The van der Waals surface area contributed by atoms with E-state index in [1.807, 2.05) is 6.07 Å². The third-order valence-corrected chi connectivity index (χ3v) is 6.89. The van der Waals surface area contributed by atoms with Crippen molar-refractivity contribution < 1.29 is 22.7 Å². The second kappa shape index (κ2) is 12.9. The minimum absolute atomic E-state index is 0.00581. The first-order chi connectivity index (χ1) is 17.8. The SMILES string of the molecule is COc1ccccc1NC(=O)CC(=O)N/N=C/c1ccc(N(CCC#N)S(=O)(=O)c2ccccc2)cc1. The summed E-state index contributed by atoms with van der Waals surface area (Å²) in [5.41, 5.74) is 3.70. The average Bonchev–Trinajstić information content (AvgIpc) is 2.90. The molecule has 3 rings (SSSR count). The first kappa shape index (κ1) is 26.9. The number of carbonyl (C=O) groups is 2. The molecule has 2 amide bonds. The lowest BCUT2D eigenvalue weighted by atomic mass is 10.2. The molecule has 0 fully saturated rings. The Morgan fingerprint density at radius 2 is 1.68 bits per heavy atom. The number of amides is 2. The van der Waals surface area contributed by atoms with Gasteiger partial charge in [-0.25, -0.2) is 13.8 Å². The molecule has 0 aliphatic carbocycles. The van der Waals surface area contributed by atoms with Crippen LogP contribution in [-0.4, -0.2) is 40.1 Å². The monoisotopic (exact) mass is 519 g/mol. The molecule has 0 unspecified atom stereocenters. The number of para-hydroxylation sites is 2. The highest BCUT2D eigenvalue weighted by molar-refractivity contribution is 7.92. The molecule has 0 bridgehead atoms. The number of ether oxygens (including phenoxy) is 1. The topological polar surface area (TPSA) is 141 Å². The van der Waals surface area contributed by atoms with Crippen LogP contribution < -0.4 is 19.8 Å². The van der Waals surface area contributed by atoms with Gasteiger partial charge in [-0.05, 0) is 42.0 Å². The standard InChI is InChI=1S/C26H25N5O5S/c1-36-24-11-6-5-10-23(24)29-25(32)18-26(33)30-28-19-20-12-14-21(15-13-20)31(17-7-16-27)37(34,35)22-8-3-2-4-9-22/h2-6,8-15,19H,7,17-18H2,1H3,(H,29,32)(H,30,33)/b28-19+. The molecule has 3 aromatic rings. The molecule has 0 heterocycles. The van der Waals surface area contributed by atoms with Crippen molar-refractivity contribution in [2.75, 3.05) is 23.3 Å². The van der Waals surface area contributed by atoms with Crippen molar-refractivity contribution in [3.63, 3.8) is 0 Å². The summed E-state index contributed by atoms with van der Waals surface area (Å²) in [6, 6.07) is 23.2. The van der Waals surface area contributed by atoms with E-state index in [9.17, 15) is 18.0 Å². The summed E-state index contributed by atoms with van der Waals surface area (Å²) in [4.78, 5) is 24.3. The molecule has 0 aromatic heterocycles. The van der Waals surface area contributed by atoms with Crippen LogP contribution in [0.1, 0.15) is 18.4 Å². The molecular weight excluding hydrogens is 494 g/mol. The molecule has 37 heavy (non-hydrogen) atoms. The number of carbonyl (C=O) groups excluding carboxylic acids is 2. The van der Waals surface area contributed by atoms with Crippen LogP contribution in [0, 0.1) is 11.3 Å². The van der Waals surface area contributed by atoms with E-state index >= 15 is 0 Å². The van der Waals surface area contributed by atoms with Crippen molar-refractivity contribution in [2.24, 2.45) is 5.10 Å². The molecule has 2 N–H and O–H groups in total. The summed E-state index contributed by atoms with van der Waals surface area (Å²) in [6.45, 7) is -0.00581. The molecule has 0 saturated carbocycles. The summed E-state index contributed by atoms with van der Waals surface area (Å²) < 4.78 is 32.6. The number of benzene rings is 3. The lowest BCUT2D eigenvalue weighted by Crippen LogP contribution is -2.31. The van der Waals surface area contributed by atoms with E-state index in [1.54, 1.807) is 66.7 Å². The van der Waals surface area contributed by atoms with Crippen LogP contribution in [0.3, 0.4) is 0 Å². The third kappa shape index (κ3) is 7.39. The summed E-state index contributed by atoms with van der Waals surface area (Å²) in [5, 5.41) is 15.4. The van der Waals surface area contributed by atoms with Crippen LogP contribution in [0.25, 0.3) is 0 Å². The molecule has 0 aliphatic rings. The summed E-state index contributed by atoms with van der Waals surface area (Å²) in [7, 11) is -2.38. The Kier molecular flexibility index (Phi) is 9.35. The van der Waals surface area contributed by atoms with Crippen LogP contribution >= 0.6 is 0 Å². The van der Waals surface area contributed by atoms with Crippen molar-refractivity contribution in [1.82, 2.24) is 5.43 Å². The van der Waals surface area contributed by atoms with Crippen molar-refractivity contribution in [3.8, 4) is 11.8 Å². The highest BCUT2D eigenvalue weighted by Gasteiger charge is 2.24. The van der Waals surface area contributed by atoms with Gasteiger partial charge in [0.1, 0.15) is 12.2 Å². The lowest BCUT2D eigenvalue weighted by Gasteiger charge is -2.23. The molecule has 0 aliphatic heterocycles. The minimum atomic E-state index is -3.86. The molecule has 0 saturated heterocycles. The van der Waals surface area contributed by atoms with E-state index in [1.165, 1.54) is 29.8 Å². The van der Waals surface area contributed by atoms with Crippen LogP contribution in [0.4, 0.5) is 11.4 Å². The summed E-state index contributed by atoms with van der Waals surface area (Å²) >= 11 is 0.